The molecule has 0 saturated heterocycles. The van der Waals surface area contributed by atoms with Crippen LogP contribution in [0.3, 0.4) is 0 Å². The number of rotatable bonds is 3. The molecular formula is C12H13FN2OS. The van der Waals surface area contributed by atoms with Crippen molar-refractivity contribution in [3.63, 3.8) is 0 Å². The second-order valence-corrected chi connectivity index (χ2v) is 4.77. The first-order valence-electron chi connectivity index (χ1n) is 5.22. The number of hydrogen-bond donors (Lipinski definition) is 2. The Morgan fingerprint density at radius 3 is 2.82 bits per heavy atom. The normalized spacial score (nSPS) is 12.7. The second kappa shape index (κ2) is 4.91. The minimum absolute atomic E-state index is 0.139. The number of nitrogens with zero attached hydrogens (tertiary/aromatic N) is 1. The summed E-state index contributed by atoms with van der Waals surface area (Å²) in [5.41, 5.74) is 6.97. The third-order valence-electron chi connectivity index (χ3n) is 2.47. The molecule has 2 rings (SSSR count). The van der Waals surface area contributed by atoms with E-state index in [2.05, 4.69) is 4.98 Å². The first kappa shape index (κ1) is 12.2. The molecule has 1 aromatic heterocycles. The van der Waals surface area contributed by atoms with E-state index >= 15 is 0 Å². The van der Waals surface area contributed by atoms with Crippen LogP contribution >= 0.6 is 11.3 Å². The average molecular weight is 252 g/mol. The van der Waals surface area contributed by atoms with Crippen LogP contribution in [0.15, 0.2) is 24.3 Å². The maximum Gasteiger partial charge on any atom is 0.133 e. The molecular weight excluding hydrogens is 239 g/mol. The lowest BCUT2D eigenvalue weighted by molar-refractivity contribution is 0.269. The molecule has 0 aliphatic rings. The summed E-state index contributed by atoms with van der Waals surface area (Å²) >= 11 is 1.32. The van der Waals surface area contributed by atoms with E-state index in [-0.39, 0.29) is 12.4 Å². The number of benzene rings is 1. The Labute approximate surface area is 103 Å². The molecule has 2 aromatic rings. The van der Waals surface area contributed by atoms with Gasteiger partial charge in [-0.25, -0.2) is 9.37 Å². The van der Waals surface area contributed by atoms with E-state index in [1.54, 1.807) is 18.2 Å². The zero-order valence-electron chi connectivity index (χ0n) is 9.35. The molecule has 0 amide bonds. The van der Waals surface area contributed by atoms with Gasteiger partial charge in [-0.3, -0.25) is 0 Å². The van der Waals surface area contributed by atoms with Crippen LogP contribution in [-0.2, 0) is 0 Å². The van der Waals surface area contributed by atoms with Crippen LogP contribution in [-0.4, -0.2) is 16.7 Å². The maximum absolute atomic E-state index is 13.6. The van der Waals surface area contributed by atoms with Gasteiger partial charge in [-0.15, -0.1) is 11.3 Å². The van der Waals surface area contributed by atoms with Gasteiger partial charge in [-0.2, -0.15) is 0 Å². The summed E-state index contributed by atoms with van der Waals surface area (Å²) in [5, 5.41) is 9.62. The van der Waals surface area contributed by atoms with Crippen molar-refractivity contribution >= 4 is 11.3 Å². The van der Waals surface area contributed by atoms with Crippen molar-refractivity contribution in [2.24, 2.45) is 5.73 Å². The van der Waals surface area contributed by atoms with Gasteiger partial charge in [0.1, 0.15) is 10.8 Å². The zero-order valence-corrected chi connectivity index (χ0v) is 10.2. The summed E-state index contributed by atoms with van der Waals surface area (Å²) in [6, 6.07) is 6.04. The lowest BCUT2D eigenvalue weighted by Crippen LogP contribution is -2.13. The van der Waals surface area contributed by atoms with Crippen LogP contribution in [0.25, 0.3) is 10.6 Å². The van der Waals surface area contributed by atoms with Gasteiger partial charge in [0.2, 0.25) is 0 Å². The Kier molecular flexibility index (Phi) is 3.51. The topological polar surface area (TPSA) is 59.1 Å². The number of aryl methyl sites for hydroxylation is 1. The van der Waals surface area contributed by atoms with Crippen molar-refractivity contribution in [2.45, 2.75) is 13.0 Å². The van der Waals surface area contributed by atoms with Crippen LogP contribution in [0.1, 0.15) is 16.6 Å². The molecule has 1 unspecified atom stereocenters. The maximum atomic E-state index is 13.6. The minimum Gasteiger partial charge on any atom is -0.394 e. The molecule has 3 N–H and O–H groups in total. The Morgan fingerprint density at radius 2 is 2.18 bits per heavy atom. The van der Waals surface area contributed by atoms with Crippen LogP contribution < -0.4 is 5.73 Å². The molecule has 0 saturated carbocycles. The number of thiazole rings is 1. The van der Waals surface area contributed by atoms with Gasteiger partial charge >= 0.3 is 0 Å². The summed E-state index contributed by atoms with van der Waals surface area (Å²) in [7, 11) is 0. The third kappa shape index (κ3) is 2.36. The van der Waals surface area contributed by atoms with Gasteiger partial charge in [-0.05, 0) is 19.1 Å². The standard InChI is InChI=1S/C12H13FN2OS/c1-7-11(10(14)6-16)17-12(15-7)8-4-2-3-5-9(8)13/h2-5,10,16H,6,14H2,1H3. The average Bonchev–Trinajstić information content (AvgIpc) is 2.71. The predicted octanol–water partition coefficient (Wildman–Crippen LogP) is 2.25. The Hall–Kier alpha value is -1.30. The molecule has 0 fully saturated rings. The fraction of sp³-hybridized carbons (Fsp3) is 0.250. The predicted molar refractivity (Wildman–Crippen MR) is 66.3 cm³/mol. The zero-order chi connectivity index (χ0) is 12.4. The molecule has 5 heteroatoms. The van der Waals surface area contributed by atoms with E-state index in [1.807, 2.05) is 6.92 Å². The first-order chi connectivity index (χ1) is 8.13. The van der Waals surface area contributed by atoms with Crippen molar-refractivity contribution in [2.75, 3.05) is 6.61 Å². The molecule has 1 aromatic carbocycles. The van der Waals surface area contributed by atoms with Crippen molar-refractivity contribution < 1.29 is 9.50 Å². The summed E-state index contributed by atoms with van der Waals surface area (Å²) < 4.78 is 13.6. The van der Waals surface area contributed by atoms with Gasteiger partial charge in [0, 0.05) is 10.4 Å². The van der Waals surface area contributed by atoms with Gasteiger partial charge < -0.3 is 10.8 Å². The van der Waals surface area contributed by atoms with Crippen molar-refractivity contribution in [1.82, 2.24) is 4.98 Å². The number of nitrogens with two attached hydrogens (primary N) is 1. The highest BCUT2D eigenvalue weighted by atomic mass is 32.1. The van der Waals surface area contributed by atoms with Crippen LogP contribution in [0.4, 0.5) is 4.39 Å². The van der Waals surface area contributed by atoms with Crippen molar-refractivity contribution in [3.8, 4) is 10.6 Å². The smallest absolute Gasteiger partial charge is 0.133 e. The number of aromatic nitrogens is 1. The molecule has 0 bridgehead atoms. The number of halogens is 1. The first-order valence-corrected chi connectivity index (χ1v) is 6.03. The van der Waals surface area contributed by atoms with Gasteiger partial charge in [0.25, 0.3) is 0 Å². The highest BCUT2D eigenvalue weighted by Gasteiger charge is 2.16. The number of aliphatic hydroxyl groups is 1. The number of hydrogen-bond acceptors (Lipinski definition) is 4. The summed E-state index contributed by atoms with van der Waals surface area (Å²) in [5.74, 6) is -0.301. The molecule has 1 heterocycles. The molecule has 3 nitrogen and oxygen atoms in total. The van der Waals surface area contributed by atoms with E-state index < -0.39 is 6.04 Å². The SMILES string of the molecule is Cc1nc(-c2ccccc2F)sc1C(N)CO. The van der Waals surface area contributed by atoms with Gasteiger partial charge in [-0.1, -0.05) is 12.1 Å². The summed E-state index contributed by atoms with van der Waals surface area (Å²) in [6.45, 7) is 1.67. The fourth-order valence-corrected chi connectivity index (χ4v) is 2.67. The molecule has 90 valence electrons. The lowest BCUT2D eigenvalue weighted by atomic mass is 10.2. The van der Waals surface area contributed by atoms with Crippen LogP contribution in [0.2, 0.25) is 0 Å². The van der Waals surface area contributed by atoms with Gasteiger partial charge in [0.15, 0.2) is 0 Å². The monoisotopic (exact) mass is 252 g/mol. The third-order valence-corrected chi connectivity index (χ3v) is 3.79. The Balaban J connectivity index is 2.45. The quantitative estimate of drug-likeness (QED) is 0.880. The van der Waals surface area contributed by atoms with Crippen LogP contribution in [0.5, 0.6) is 0 Å². The summed E-state index contributed by atoms with van der Waals surface area (Å²) in [6.07, 6.45) is 0. The molecule has 17 heavy (non-hydrogen) atoms. The largest absolute Gasteiger partial charge is 0.394 e. The van der Waals surface area contributed by atoms with E-state index in [9.17, 15) is 4.39 Å². The Morgan fingerprint density at radius 1 is 1.47 bits per heavy atom. The van der Waals surface area contributed by atoms with Crippen molar-refractivity contribution in [1.29, 1.82) is 0 Å². The molecule has 0 spiro atoms. The van der Waals surface area contributed by atoms with E-state index in [0.29, 0.717) is 10.6 Å². The summed E-state index contributed by atoms with van der Waals surface area (Å²) in [4.78, 5) is 5.10. The molecule has 1 atom stereocenters. The van der Waals surface area contributed by atoms with E-state index in [1.165, 1.54) is 17.4 Å². The lowest BCUT2D eigenvalue weighted by Gasteiger charge is -2.04. The highest BCUT2D eigenvalue weighted by molar-refractivity contribution is 7.15. The second-order valence-electron chi connectivity index (χ2n) is 3.74. The van der Waals surface area contributed by atoms with Crippen LogP contribution in [0, 0.1) is 12.7 Å². The van der Waals surface area contributed by atoms with Crippen molar-refractivity contribution in [3.05, 3.63) is 40.7 Å². The van der Waals surface area contributed by atoms with Gasteiger partial charge in [0.05, 0.1) is 18.3 Å². The molecule has 0 radical (unpaired) electrons. The van der Waals surface area contributed by atoms with E-state index in [0.717, 1.165) is 10.6 Å². The Bertz CT molecular complexity index is 527. The fourth-order valence-electron chi connectivity index (χ4n) is 1.59. The highest BCUT2D eigenvalue weighted by Crippen LogP contribution is 2.32. The minimum atomic E-state index is -0.451. The van der Waals surface area contributed by atoms with E-state index in [4.69, 9.17) is 10.8 Å². The molecule has 0 aliphatic heterocycles. The number of aliphatic hydroxyl groups excluding tert-OH is 1. The molecule has 0 aliphatic carbocycles.